The van der Waals surface area contributed by atoms with Crippen LogP contribution in [0.5, 0.6) is 0 Å². The molecule has 0 fully saturated rings. The van der Waals surface area contributed by atoms with E-state index in [-0.39, 0.29) is 0 Å². The van der Waals surface area contributed by atoms with Crippen molar-refractivity contribution in [3.8, 4) is 0 Å². The predicted octanol–water partition coefficient (Wildman–Crippen LogP) is 10.5. The van der Waals surface area contributed by atoms with Gasteiger partial charge in [0, 0.05) is 0 Å². The van der Waals surface area contributed by atoms with Gasteiger partial charge in [-0.3, -0.25) is 0 Å². The molecule has 0 unspecified atom stereocenters. The van der Waals surface area contributed by atoms with Gasteiger partial charge in [0.25, 0.3) is 0 Å². The van der Waals surface area contributed by atoms with Gasteiger partial charge in [-0.15, -0.1) is 0 Å². The second-order valence-electron chi connectivity index (χ2n) is 9.66. The van der Waals surface area contributed by atoms with Crippen molar-refractivity contribution in [1.29, 1.82) is 0 Å². The third-order valence-corrected chi connectivity index (χ3v) is 6.48. The highest BCUT2D eigenvalue weighted by molar-refractivity contribution is 5.59. The van der Waals surface area contributed by atoms with Crippen molar-refractivity contribution in [1.82, 2.24) is 0 Å². The van der Waals surface area contributed by atoms with Crippen LogP contribution in [-0.4, -0.2) is 19.4 Å². The number of ether oxygens (including phenoxy) is 2. The van der Waals surface area contributed by atoms with Crippen LogP contribution in [-0.2, 0) is 9.47 Å². The SMILES string of the molecule is CCCCCCCCCCCCCCCCCCCCCCCCCCOC(=O)OCC. The lowest BCUT2D eigenvalue weighted by Gasteiger charge is -2.05. The van der Waals surface area contributed by atoms with Crippen molar-refractivity contribution in [2.45, 2.75) is 168 Å². The van der Waals surface area contributed by atoms with Crippen LogP contribution >= 0.6 is 0 Å². The standard InChI is InChI=1S/C29H58O3/c1-3-5-6-7-8-9-10-11-12-13-14-15-16-17-18-19-20-21-22-23-24-25-26-27-28-32-29(30)31-4-2/h3-28H2,1-2H3. The first-order valence-electron chi connectivity index (χ1n) is 14.6. The summed E-state index contributed by atoms with van der Waals surface area (Å²) in [5.41, 5.74) is 0. The summed E-state index contributed by atoms with van der Waals surface area (Å²) in [5, 5.41) is 0. The van der Waals surface area contributed by atoms with Crippen LogP contribution in [0.15, 0.2) is 0 Å². The lowest BCUT2D eigenvalue weighted by Crippen LogP contribution is -2.07. The van der Waals surface area contributed by atoms with Gasteiger partial charge in [0.1, 0.15) is 0 Å². The van der Waals surface area contributed by atoms with E-state index in [9.17, 15) is 4.79 Å². The number of hydrogen-bond acceptors (Lipinski definition) is 3. The van der Waals surface area contributed by atoms with Crippen LogP contribution in [0.2, 0.25) is 0 Å². The molecular formula is C29H58O3. The lowest BCUT2D eigenvalue weighted by molar-refractivity contribution is 0.0578. The Kier molecular flexibility index (Phi) is 27.7. The maximum Gasteiger partial charge on any atom is 0.508 e. The molecule has 0 aromatic rings. The van der Waals surface area contributed by atoms with Crippen molar-refractivity contribution < 1.29 is 14.3 Å². The van der Waals surface area contributed by atoms with E-state index in [1.807, 2.05) is 0 Å². The molecule has 0 heterocycles. The molecule has 192 valence electrons. The van der Waals surface area contributed by atoms with Gasteiger partial charge in [-0.05, 0) is 13.3 Å². The van der Waals surface area contributed by atoms with Crippen molar-refractivity contribution >= 4 is 6.16 Å². The van der Waals surface area contributed by atoms with E-state index in [2.05, 4.69) is 6.92 Å². The maximum atomic E-state index is 11.0. The Balaban J connectivity index is 3.03. The van der Waals surface area contributed by atoms with Crippen molar-refractivity contribution in [2.75, 3.05) is 13.2 Å². The predicted molar refractivity (Wildman–Crippen MR) is 139 cm³/mol. The topological polar surface area (TPSA) is 35.5 Å². The molecule has 0 saturated heterocycles. The number of carbonyl (C=O) groups excluding carboxylic acids is 1. The summed E-state index contributed by atoms with van der Waals surface area (Å²) in [4.78, 5) is 11.0. The second kappa shape index (κ2) is 28.3. The molecule has 0 aromatic heterocycles. The smallest absolute Gasteiger partial charge is 0.435 e. The molecule has 0 spiro atoms. The molecular weight excluding hydrogens is 396 g/mol. The molecule has 0 rings (SSSR count). The fourth-order valence-electron chi connectivity index (χ4n) is 4.38. The fraction of sp³-hybridized carbons (Fsp3) is 0.966. The van der Waals surface area contributed by atoms with Crippen LogP contribution in [0.25, 0.3) is 0 Å². The Morgan fingerprint density at radius 3 is 0.969 bits per heavy atom. The largest absolute Gasteiger partial charge is 0.508 e. The summed E-state index contributed by atoms with van der Waals surface area (Å²) in [5.74, 6) is 0. The van der Waals surface area contributed by atoms with E-state index < -0.39 is 6.16 Å². The zero-order chi connectivity index (χ0) is 23.4. The molecule has 0 aliphatic rings. The highest BCUT2D eigenvalue weighted by Crippen LogP contribution is 2.15. The van der Waals surface area contributed by atoms with Crippen LogP contribution in [0, 0.1) is 0 Å². The normalized spacial score (nSPS) is 11.1. The number of unbranched alkanes of at least 4 members (excludes halogenated alkanes) is 23. The number of hydrogen-bond donors (Lipinski definition) is 0. The molecule has 0 radical (unpaired) electrons. The first-order valence-corrected chi connectivity index (χ1v) is 14.6. The van der Waals surface area contributed by atoms with E-state index in [0.717, 1.165) is 12.8 Å². The quantitative estimate of drug-likeness (QED) is 0.0962. The van der Waals surface area contributed by atoms with Gasteiger partial charge >= 0.3 is 6.16 Å². The summed E-state index contributed by atoms with van der Waals surface area (Å²) < 4.78 is 9.71. The van der Waals surface area contributed by atoms with Gasteiger partial charge in [0.2, 0.25) is 0 Å². The van der Waals surface area contributed by atoms with Crippen molar-refractivity contribution in [3.05, 3.63) is 0 Å². The van der Waals surface area contributed by atoms with Crippen molar-refractivity contribution in [3.63, 3.8) is 0 Å². The first-order chi connectivity index (χ1) is 15.8. The Morgan fingerprint density at radius 2 is 0.688 bits per heavy atom. The average Bonchev–Trinajstić information content (AvgIpc) is 2.79. The third kappa shape index (κ3) is 27.3. The molecule has 0 amide bonds. The van der Waals surface area contributed by atoms with Crippen molar-refractivity contribution in [2.24, 2.45) is 0 Å². The first kappa shape index (κ1) is 31.3. The summed E-state index contributed by atoms with van der Waals surface area (Å²) in [6.07, 6.45) is 33.0. The fourth-order valence-corrected chi connectivity index (χ4v) is 4.38. The lowest BCUT2D eigenvalue weighted by atomic mass is 10.0. The summed E-state index contributed by atoms with van der Waals surface area (Å²) >= 11 is 0. The van der Waals surface area contributed by atoms with E-state index >= 15 is 0 Å². The molecule has 0 bridgehead atoms. The van der Waals surface area contributed by atoms with E-state index in [1.54, 1.807) is 6.92 Å². The van der Waals surface area contributed by atoms with Gasteiger partial charge < -0.3 is 9.47 Å². The van der Waals surface area contributed by atoms with E-state index in [1.165, 1.54) is 141 Å². The van der Waals surface area contributed by atoms with Gasteiger partial charge in [-0.2, -0.15) is 0 Å². The Hall–Kier alpha value is -0.730. The molecule has 0 saturated carbocycles. The minimum absolute atomic E-state index is 0.387. The Morgan fingerprint density at radius 1 is 0.406 bits per heavy atom. The van der Waals surface area contributed by atoms with Crippen LogP contribution in [0.4, 0.5) is 4.79 Å². The van der Waals surface area contributed by atoms with Gasteiger partial charge in [-0.1, -0.05) is 155 Å². The Labute approximate surface area is 201 Å². The molecule has 3 heteroatoms. The highest BCUT2D eigenvalue weighted by Gasteiger charge is 2.01. The van der Waals surface area contributed by atoms with Crippen LogP contribution in [0.3, 0.4) is 0 Å². The highest BCUT2D eigenvalue weighted by atomic mass is 16.7. The third-order valence-electron chi connectivity index (χ3n) is 6.48. The molecule has 0 aromatic carbocycles. The van der Waals surface area contributed by atoms with Gasteiger partial charge in [0.05, 0.1) is 13.2 Å². The van der Waals surface area contributed by atoms with Crippen LogP contribution < -0.4 is 0 Å². The summed E-state index contributed by atoms with van der Waals surface area (Å²) in [6.45, 7) is 4.97. The van der Waals surface area contributed by atoms with E-state index in [0.29, 0.717) is 13.2 Å². The molecule has 0 atom stereocenters. The zero-order valence-corrected chi connectivity index (χ0v) is 22.1. The summed E-state index contributed by atoms with van der Waals surface area (Å²) in [7, 11) is 0. The van der Waals surface area contributed by atoms with Gasteiger partial charge in [-0.25, -0.2) is 4.79 Å². The second-order valence-corrected chi connectivity index (χ2v) is 9.66. The minimum atomic E-state index is -0.526. The average molecular weight is 455 g/mol. The van der Waals surface area contributed by atoms with Gasteiger partial charge in [0.15, 0.2) is 0 Å². The molecule has 32 heavy (non-hydrogen) atoms. The maximum absolute atomic E-state index is 11.0. The number of rotatable bonds is 26. The number of carbonyl (C=O) groups is 1. The molecule has 3 nitrogen and oxygen atoms in total. The molecule has 0 aliphatic heterocycles. The van der Waals surface area contributed by atoms with Crippen LogP contribution in [0.1, 0.15) is 168 Å². The molecule has 0 aliphatic carbocycles. The molecule has 0 N–H and O–H groups in total. The summed E-state index contributed by atoms with van der Waals surface area (Å²) in [6, 6.07) is 0. The zero-order valence-electron chi connectivity index (χ0n) is 22.1. The minimum Gasteiger partial charge on any atom is -0.435 e. The van der Waals surface area contributed by atoms with E-state index in [4.69, 9.17) is 9.47 Å². The monoisotopic (exact) mass is 454 g/mol. The Bertz CT molecular complexity index is 356.